The second-order valence-corrected chi connectivity index (χ2v) is 6.92. The molecule has 4 rings (SSSR count). The minimum absolute atomic E-state index is 0.0719. The summed E-state index contributed by atoms with van der Waals surface area (Å²) in [6.07, 6.45) is 2.06. The number of aliphatic carboxylic acids is 1. The predicted molar refractivity (Wildman–Crippen MR) is 106 cm³/mol. The van der Waals surface area contributed by atoms with Gasteiger partial charge in [0.05, 0.1) is 6.07 Å². The van der Waals surface area contributed by atoms with Crippen LogP contribution in [0.5, 0.6) is 17.5 Å². The maximum absolute atomic E-state index is 15.3. The summed E-state index contributed by atoms with van der Waals surface area (Å²) in [5.41, 5.74) is 7.08. The van der Waals surface area contributed by atoms with E-state index in [1.807, 2.05) is 6.07 Å². The number of nitrogen functional groups attached to an aromatic ring is 1. The fourth-order valence-electron chi connectivity index (χ4n) is 2.91. The molecule has 0 spiro atoms. The standard InChI is InChI=1S/C18H16FN5O2.C2HF3O2/c19-16-12(11-7-21-18(20)22-8-11)4-5-13(10-2-1-3-10)17(16)26-15-6-14(25)23-9-24-15;3-2(4,5)1(6)7/h4-10H,1-3H2,(H2,20,21,22)(H,23,24,25);(H,6,7). The lowest BCUT2D eigenvalue weighted by Gasteiger charge is -2.28. The maximum Gasteiger partial charge on any atom is 0.490 e. The van der Waals surface area contributed by atoms with Gasteiger partial charge in [0, 0.05) is 29.1 Å². The number of carboxylic acids is 1. The number of hydrogen-bond donors (Lipinski definition) is 3. The van der Waals surface area contributed by atoms with Gasteiger partial charge in [-0.05, 0) is 18.8 Å². The average molecular weight is 467 g/mol. The Labute approximate surface area is 183 Å². The van der Waals surface area contributed by atoms with Gasteiger partial charge in [-0.25, -0.2) is 29.1 Å². The van der Waals surface area contributed by atoms with Gasteiger partial charge in [0.15, 0.2) is 11.6 Å². The molecule has 4 N–H and O–H groups in total. The maximum atomic E-state index is 15.3. The molecule has 0 radical (unpaired) electrons. The molecule has 1 saturated carbocycles. The number of rotatable bonds is 4. The zero-order valence-corrected chi connectivity index (χ0v) is 16.8. The lowest BCUT2D eigenvalue weighted by molar-refractivity contribution is -0.192. The van der Waals surface area contributed by atoms with Crippen molar-refractivity contribution >= 4 is 11.9 Å². The Morgan fingerprint density at radius 1 is 1.12 bits per heavy atom. The summed E-state index contributed by atoms with van der Waals surface area (Å²) < 4.78 is 52.8. The van der Waals surface area contributed by atoms with E-state index in [0.717, 1.165) is 31.2 Å². The van der Waals surface area contributed by atoms with Crippen LogP contribution in [0.3, 0.4) is 0 Å². The predicted octanol–water partition coefficient (Wildman–Crippen LogP) is 4.05. The van der Waals surface area contributed by atoms with E-state index in [4.69, 9.17) is 20.4 Å². The van der Waals surface area contributed by atoms with Crippen molar-refractivity contribution in [2.45, 2.75) is 31.4 Å². The molecule has 2 aromatic heterocycles. The molecule has 9 nitrogen and oxygen atoms in total. The smallest absolute Gasteiger partial charge is 0.490 e. The van der Waals surface area contributed by atoms with Gasteiger partial charge in [0.25, 0.3) is 0 Å². The number of nitrogens with zero attached hydrogens (tertiary/aromatic N) is 4. The molecule has 1 aliphatic rings. The van der Waals surface area contributed by atoms with E-state index in [1.54, 1.807) is 6.07 Å². The van der Waals surface area contributed by atoms with Crippen LogP contribution >= 0.6 is 0 Å². The Morgan fingerprint density at radius 2 is 1.76 bits per heavy atom. The normalized spacial score (nSPS) is 13.5. The molecule has 2 heterocycles. The van der Waals surface area contributed by atoms with Gasteiger partial charge in [-0.2, -0.15) is 13.2 Å². The van der Waals surface area contributed by atoms with E-state index in [0.29, 0.717) is 11.1 Å². The van der Waals surface area contributed by atoms with Crippen LogP contribution in [0.4, 0.5) is 23.5 Å². The SMILES string of the molecule is Nc1ncc(-c2ccc(C3CCC3)c(Oc3cc(O)ncn3)c2F)cn1.O=C(O)C(F)(F)F. The first-order chi connectivity index (χ1) is 15.6. The summed E-state index contributed by atoms with van der Waals surface area (Å²) in [4.78, 5) is 24.3. The molecule has 1 fully saturated rings. The highest BCUT2D eigenvalue weighted by Gasteiger charge is 2.38. The fourth-order valence-corrected chi connectivity index (χ4v) is 2.91. The van der Waals surface area contributed by atoms with Crippen LogP contribution in [0.2, 0.25) is 0 Å². The van der Waals surface area contributed by atoms with Crippen LogP contribution in [-0.4, -0.2) is 42.3 Å². The minimum atomic E-state index is -5.08. The van der Waals surface area contributed by atoms with Crippen molar-refractivity contribution in [2.24, 2.45) is 0 Å². The first-order valence-corrected chi connectivity index (χ1v) is 9.45. The minimum Gasteiger partial charge on any atom is -0.493 e. The molecular formula is C20H17F4N5O4. The van der Waals surface area contributed by atoms with Crippen molar-refractivity contribution in [3.05, 3.63) is 48.3 Å². The molecule has 3 aromatic rings. The first kappa shape index (κ1) is 23.6. The molecule has 174 valence electrons. The molecule has 33 heavy (non-hydrogen) atoms. The molecule has 0 atom stereocenters. The van der Waals surface area contributed by atoms with E-state index >= 15 is 4.39 Å². The highest BCUT2D eigenvalue weighted by atomic mass is 19.4. The highest BCUT2D eigenvalue weighted by molar-refractivity contribution is 5.73. The number of anilines is 1. The summed E-state index contributed by atoms with van der Waals surface area (Å²) in [5.74, 6) is -3.00. The summed E-state index contributed by atoms with van der Waals surface area (Å²) in [7, 11) is 0. The van der Waals surface area contributed by atoms with Gasteiger partial charge in [0.2, 0.25) is 17.7 Å². The van der Waals surface area contributed by atoms with Crippen molar-refractivity contribution in [3.63, 3.8) is 0 Å². The van der Waals surface area contributed by atoms with Gasteiger partial charge in [-0.1, -0.05) is 18.6 Å². The highest BCUT2D eigenvalue weighted by Crippen LogP contribution is 2.45. The molecule has 0 saturated heterocycles. The molecular weight excluding hydrogens is 450 g/mol. The van der Waals surface area contributed by atoms with E-state index < -0.39 is 18.0 Å². The Hall–Kier alpha value is -4.03. The van der Waals surface area contributed by atoms with Crippen molar-refractivity contribution in [1.82, 2.24) is 19.9 Å². The molecule has 1 aliphatic carbocycles. The van der Waals surface area contributed by atoms with Crippen LogP contribution < -0.4 is 10.5 Å². The second-order valence-electron chi connectivity index (χ2n) is 6.92. The number of aromatic hydroxyl groups is 1. The third kappa shape index (κ3) is 5.81. The van der Waals surface area contributed by atoms with Crippen molar-refractivity contribution in [1.29, 1.82) is 0 Å². The van der Waals surface area contributed by atoms with Crippen LogP contribution in [-0.2, 0) is 4.79 Å². The van der Waals surface area contributed by atoms with Gasteiger partial charge >= 0.3 is 12.1 Å². The molecule has 13 heteroatoms. The number of benzene rings is 1. The number of nitrogens with two attached hydrogens (primary N) is 1. The number of aromatic nitrogens is 4. The molecule has 0 unspecified atom stereocenters. The summed E-state index contributed by atoms with van der Waals surface area (Å²) in [6.45, 7) is 0. The number of hydrogen-bond acceptors (Lipinski definition) is 8. The Kier molecular flexibility index (Phi) is 6.89. The van der Waals surface area contributed by atoms with Gasteiger partial charge in [-0.15, -0.1) is 0 Å². The Balaban J connectivity index is 0.000000383. The second kappa shape index (κ2) is 9.63. The number of ether oxygens (including phenoxy) is 1. The van der Waals surface area contributed by atoms with Crippen LogP contribution in [0, 0.1) is 5.82 Å². The zero-order valence-electron chi connectivity index (χ0n) is 16.8. The number of alkyl halides is 3. The van der Waals surface area contributed by atoms with E-state index in [1.165, 1.54) is 18.5 Å². The van der Waals surface area contributed by atoms with Crippen LogP contribution in [0.15, 0.2) is 36.9 Å². The summed E-state index contributed by atoms with van der Waals surface area (Å²) >= 11 is 0. The largest absolute Gasteiger partial charge is 0.493 e. The average Bonchev–Trinajstić information content (AvgIpc) is 2.70. The van der Waals surface area contributed by atoms with Crippen LogP contribution in [0.1, 0.15) is 30.7 Å². The Morgan fingerprint density at radius 3 is 2.27 bits per heavy atom. The Bertz CT molecular complexity index is 1140. The van der Waals surface area contributed by atoms with Gasteiger partial charge < -0.3 is 20.7 Å². The summed E-state index contributed by atoms with van der Waals surface area (Å²) in [6, 6.07) is 4.79. The summed E-state index contributed by atoms with van der Waals surface area (Å²) in [5, 5.41) is 16.6. The third-order valence-electron chi connectivity index (χ3n) is 4.73. The van der Waals surface area contributed by atoms with Crippen molar-refractivity contribution < 1.29 is 37.3 Å². The third-order valence-corrected chi connectivity index (χ3v) is 4.73. The van der Waals surface area contributed by atoms with Gasteiger partial charge in [-0.3, -0.25) is 0 Å². The molecule has 0 bridgehead atoms. The molecule has 0 aliphatic heterocycles. The van der Waals surface area contributed by atoms with Crippen molar-refractivity contribution in [2.75, 3.05) is 5.73 Å². The topological polar surface area (TPSA) is 144 Å². The number of halogens is 4. The number of carbonyl (C=O) groups is 1. The molecule has 0 amide bonds. The quantitative estimate of drug-likeness (QED) is 0.484. The van der Waals surface area contributed by atoms with Crippen molar-refractivity contribution in [3.8, 4) is 28.6 Å². The van der Waals surface area contributed by atoms with Gasteiger partial charge in [0.1, 0.15) is 6.33 Å². The number of carboxylic acid groups (broad SMARTS) is 1. The van der Waals surface area contributed by atoms with E-state index in [9.17, 15) is 18.3 Å². The fraction of sp³-hybridized carbons (Fsp3) is 0.250. The van der Waals surface area contributed by atoms with E-state index in [-0.39, 0.29) is 29.4 Å². The zero-order chi connectivity index (χ0) is 24.2. The lowest BCUT2D eigenvalue weighted by Crippen LogP contribution is -2.21. The monoisotopic (exact) mass is 467 g/mol. The van der Waals surface area contributed by atoms with Crippen LogP contribution in [0.25, 0.3) is 11.1 Å². The lowest BCUT2D eigenvalue weighted by atomic mass is 9.79. The first-order valence-electron chi connectivity index (χ1n) is 9.45. The molecule has 1 aromatic carbocycles. The van der Waals surface area contributed by atoms with E-state index in [2.05, 4.69) is 19.9 Å².